The van der Waals surface area contributed by atoms with Gasteiger partial charge in [-0.25, -0.2) is 14.1 Å². The molecule has 0 atom stereocenters. The first-order chi connectivity index (χ1) is 16.1. The SMILES string of the molecule is CN(C)C(=O)N1CCN(SN(C)c2ccc3c(c2)nc(C(C)(C)C)n3CC2CCOCC2)CC1. The van der Waals surface area contributed by atoms with Crippen molar-refractivity contribution in [3.63, 3.8) is 0 Å². The van der Waals surface area contributed by atoms with Crippen molar-refractivity contribution in [2.75, 3.05) is 64.8 Å². The van der Waals surface area contributed by atoms with Crippen molar-refractivity contribution in [2.45, 2.75) is 45.6 Å². The van der Waals surface area contributed by atoms with Crippen molar-refractivity contribution in [1.29, 1.82) is 0 Å². The Balaban J connectivity index is 1.48. The van der Waals surface area contributed by atoms with E-state index in [0.717, 1.165) is 75.8 Å². The summed E-state index contributed by atoms with van der Waals surface area (Å²) in [4.78, 5) is 20.9. The molecule has 0 aliphatic carbocycles. The highest BCUT2D eigenvalue weighted by Gasteiger charge is 2.27. The Kier molecular flexibility index (Phi) is 7.64. The fourth-order valence-corrected chi connectivity index (χ4v) is 5.60. The largest absolute Gasteiger partial charge is 0.381 e. The first-order valence-corrected chi connectivity index (χ1v) is 13.1. The van der Waals surface area contributed by atoms with Crippen molar-refractivity contribution in [3.8, 4) is 0 Å². The number of carbonyl (C=O) groups excluding carboxylic acids is 1. The third-order valence-corrected chi connectivity index (χ3v) is 7.73. The fourth-order valence-electron chi connectivity index (χ4n) is 4.72. The molecule has 2 aliphatic rings. The first-order valence-electron chi connectivity index (χ1n) is 12.3. The van der Waals surface area contributed by atoms with Crippen LogP contribution in [0.2, 0.25) is 0 Å². The van der Waals surface area contributed by atoms with E-state index in [4.69, 9.17) is 9.72 Å². The Labute approximate surface area is 208 Å². The third kappa shape index (κ3) is 5.63. The second-order valence-electron chi connectivity index (χ2n) is 10.7. The van der Waals surface area contributed by atoms with Gasteiger partial charge in [0.1, 0.15) is 5.82 Å². The van der Waals surface area contributed by atoms with Gasteiger partial charge in [0.2, 0.25) is 0 Å². The van der Waals surface area contributed by atoms with Gasteiger partial charge in [0.15, 0.2) is 0 Å². The van der Waals surface area contributed by atoms with E-state index in [0.29, 0.717) is 5.92 Å². The van der Waals surface area contributed by atoms with Crippen molar-refractivity contribution < 1.29 is 9.53 Å². The average Bonchev–Trinajstić information content (AvgIpc) is 3.18. The third-order valence-electron chi connectivity index (χ3n) is 6.68. The normalized spacial score (nSPS) is 18.5. The maximum atomic E-state index is 12.2. The second-order valence-corrected chi connectivity index (χ2v) is 11.9. The summed E-state index contributed by atoms with van der Waals surface area (Å²) in [6.07, 6.45) is 2.24. The molecule has 1 aromatic heterocycles. The highest BCUT2D eigenvalue weighted by atomic mass is 32.2. The molecule has 0 radical (unpaired) electrons. The van der Waals surface area contributed by atoms with Gasteiger partial charge in [-0.1, -0.05) is 20.8 Å². The average molecular weight is 489 g/mol. The molecule has 0 N–H and O–H groups in total. The van der Waals surface area contributed by atoms with Crippen LogP contribution in [0.5, 0.6) is 0 Å². The van der Waals surface area contributed by atoms with E-state index in [1.165, 1.54) is 5.52 Å². The van der Waals surface area contributed by atoms with Crippen LogP contribution in [0.25, 0.3) is 11.0 Å². The van der Waals surface area contributed by atoms with E-state index in [-0.39, 0.29) is 11.4 Å². The summed E-state index contributed by atoms with van der Waals surface area (Å²) >= 11 is 1.72. The molecule has 9 heteroatoms. The van der Waals surface area contributed by atoms with Crippen LogP contribution in [0.15, 0.2) is 18.2 Å². The number of piperazine rings is 1. The molecule has 2 amide bonds. The van der Waals surface area contributed by atoms with Gasteiger partial charge in [-0.3, -0.25) is 0 Å². The van der Waals surface area contributed by atoms with E-state index in [1.807, 2.05) is 19.0 Å². The Morgan fingerprint density at radius 2 is 1.79 bits per heavy atom. The van der Waals surface area contributed by atoms with Gasteiger partial charge >= 0.3 is 6.03 Å². The van der Waals surface area contributed by atoms with Crippen LogP contribution in [-0.2, 0) is 16.7 Å². The van der Waals surface area contributed by atoms with E-state index in [2.05, 4.69) is 59.2 Å². The van der Waals surface area contributed by atoms with Gasteiger partial charge in [0.25, 0.3) is 0 Å². The molecule has 0 spiro atoms. The molecule has 4 rings (SSSR count). The van der Waals surface area contributed by atoms with Crippen LogP contribution in [0.3, 0.4) is 0 Å². The molecule has 2 aliphatic heterocycles. The molecular weight excluding hydrogens is 448 g/mol. The molecule has 2 saturated heterocycles. The number of imidazole rings is 1. The van der Waals surface area contributed by atoms with Gasteiger partial charge in [-0.05, 0) is 37.0 Å². The summed E-state index contributed by atoms with van der Waals surface area (Å²) in [5.41, 5.74) is 3.40. The molecule has 0 unspecified atom stereocenters. The second kappa shape index (κ2) is 10.3. The first kappa shape index (κ1) is 25.1. The summed E-state index contributed by atoms with van der Waals surface area (Å²) in [6.45, 7) is 12.7. The minimum absolute atomic E-state index is 0.0192. The fraction of sp³-hybridized carbons (Fsp3) is 0.680. The molecule has 0 saturated carbocycles. The van der Waals surface area contributed by atoms with Gasteiger partial charge in [0, 0.05) is 84.6 Å². The zero-order valence-corrected chi connectivity index (χ0v) is 22.4. The van der Waals surface area contributed by atoms with Crippen molar-refractivity contribution in [2.24, 2.45) is 5.92 Å². The predicted octanol–water partition coefficient (Wildman–Crippen LogP) is 4.06. The molecule has 0 bridgehead atoms. The summed E-state index contributed by atoms with van der Waals surface area (Å²) in [6, 6.07) is 6.74. The van der Waals surface area contributed by atoms with Crippen molar-refractivity contribution >= 4 is 34.9 Å². The number of rotatable bonds is 5. The Morgan fingerprint density at radius 3 is 2.41 bits per heavy atom. The maximum Gasteiger partial charge on any atom is 0.319 e. The highest BCUT2D eigenvalue weighted by Crippen LogP contribution is 2.32. The predicted molar refractivity (Wildman–Crippen MR) is 140 cm³/mol. The highest BCUT2D eigenvalue weighted by molar-refractivity contribution is 7.98. The van der Waals surface area contributed by atoms with E-state index in [1.54, 1.807) is 17.0 Å². The molecule has 2 fully saturated rings. The maximum absolute atomic E-state index is 12.2. The molecule has 188 valence electrons. The Morgan fingerprint density at radius 1 is 1.12 bits per heavy atom. The van der Waals surface area contributed by atoms with Crippen LogP contribution >= 0.6 is 12.1 Å². The number of hydrogen-bond donors (Lipinski definition) is 0. The lowest BCUT2D eigenvalue weighted by Gasteiger charge is -2.36. The molecule has 1 aromatic carbocycles. The number of benzene rings is 1. The summed E-state index contributed by atoms with van der Waals surface area (Å²) in [5, 5.41) is 0. The zero-order chi connectivity index (χ0) is 24.5. The molecule has 8 nitrogen and oxygen atoms in total. The summed E-state index contributed by atoms with van der Waals surface area (Å²) in [7, 11) is 5.72. The van der Waals surface area contributed by atoms with Crippen LogP contribution in [0, 0.1) is 5.92 Å². The molecular formula is C25H40N6O2S. The topological polar surface area (TPSA) is 57.1 Å². The number of nitrogens with zero attached hydrogens (tertiary/aromatic N) is 6. The lowest BCUT2D eigenvalue weighted by Crippen LogP contribution is -2.50. The number of anilines is 1. The summed E-state index contributed by atoms with van der Waals surface area (Å²) in [5.74, 6) is 1.80. The van der Waals surface area contributed by atoms with Crippen LogP contribution < -0.4 is 4.31 Å². The lowest BCUT2D eigenvalue weighted by atomic mass is 9.94. The Hall–Kier alpha value is -1.97. The van der Waals surface area contributed by atoms with Crippen molar-refractivity contribution in [3.05, 3.63) is 24.0 Å². The lowest BCUT2D eigenvalue weighted by molar-refractivity contribution is 0.0611. The van der Waals surface area contributed by atoms with Gasteiger partial charge in [0.05, 0.1) is 16.7 Å². The van der Waals surface area contributed by atoms with Gasteiger partial charge in [-0.15, -0.1) is 0 Å². The van der Waals surface area contributed by atoms with Crippen LogP contribution in [0.4, 0.5) is 10.5 Å². The number of ether oxygens (including phenoxy) is 1. The number of fused-ring (bicyclic) bond motifs is 1. The number of amides is 2. The number of aromatic nitrogens is 2. The number of hydrogen-bond acceptors (Lipinski definition) is 6. The smallest absolute Gasteiger partial charge is 0.319 e. The quantitative estimate of drug-likeness (QED) is 0.592. The van der Waals surface area contributed by atoms with Gasteiger partial charge in [-0.2, -0.15) is 0 Å². The summed E-state index contributed by atoms with van der Waals surface area (Å²) < 4.78 is 12.6. The van der Waals surface area contributed by atoms with E-state index < -0.39 is 0 Å². The standard InChI is InChI=1S/C25H40N6O2S/c1-25(2,3)23-26-21-17-20(7-8-22(21)31(23)18-19-9-15-33-16-10-19)28(6)34-30-13-11-29(12-14-30)24(32)27(4)5/h7-8,17,19H,9-16,18H2,1-6H3. The monoisotopic (exact) mass is 488 g/mol. The molecule has 34 heavy (non-hydrogen) atoms. The molecule has 2 aromatic rings. The number of carbonyl (C=O) groups is 1. The minimum atomic E-state index is -0.0192. The van der Waals surface area contributed by atoms with Crippen LogP contribution in [-0.4, -0.2) is 90.2 Å². The number of urea groups is 1. The van der Waals surface area contributed by atoms with Crippen molar-refractivity contribution in [1.82, 2.24) is 23.7 Å². The van der Waals surface area contributed by atoms with Gasteiger partial charge < -0.3 is 23.4 Å². The Bertz CT molecular complexity index is 987. The van der Waals surface area contributed by atoms with E-state index >= 15 is 0 Å². The molecule has 3 heterocycles. The zero-order valence-electron chi connectivity index (χ0n) is 21.6. The minimum Gasteiger partial charge on any atom is -0.381 e. The van der Waals surface area contributed by atoms with E-state index in [9.17, 15) is 4.79 Å². The van der Waals surface area contributed by atoms with Crippen LogP contribution in [0.1, 0.15) is 39.4 Å².